The van der Waals surface area contributed by atoms with E-state index in [1.54, 1.807) is 19.1 Å². The fraction of sp³-hybridized carbons (Fsp3) is 0.474. The number of nitrogens with one attached hydrogen (secondary N) is 2. The molecule has 0 fully saturated rings. The van der Waals surface area contributed by atoms with E-state index < -0.39 is 24.4 Å². The lowest BCUT2D eigenvalue weighted by atomic mass is 10.1. The average Bonchev–Trinajstić information content (AvgIpc) is 2.64. The van der Waals surface area contributed by atoms with Gasteiger partial charge in [-0.25, -0.2) is 0 Å². The second-order valence-electron chi connectivity index (χ2n) is 5.90. The molecule has 8 heteroatoms. The predicted octanol–water partition coefficient (Wildman–Crippen LogP) is 1.04. The number of hydrogen-bond donors (Lipinski definition) is 2. The molecule has 2 amide bonds. The summed E-state index contributed by atoms with van der Waals surface area (Å²) >= 11 is 0. The van der Waals surface area contributed by atoms with Crippen molar-refractivity contribution in [1.29, 1.82) is 0 Å². The lowest BCUT2D eigenvalue weighted by molar-refractivity contribution is -0.147. The summed E-state index contributed by atoms with van der Waals surface area (Å²) < 4.78 is 9.56. The first-order chi connectivity index (χ1) is 12.8. The molecule has 27 heavy (non-hydrogen) atoms. The molecule has 0 aliphatic rings. The lowest BCUT2D eigenvalue weighted by Gasteiger charge is -2.08. The summed E-state index contributed by atoms with van der Waals surface area (Å²) in [6, 6.07) is 5.24. The van der Waals surface area contributed by atoms with E-state index in [0.29, 0.717) is 18.6 Å². The van der Waals surface area contributed by atoms with Gasteiger partial charge in [0.15, 0.2) is 6.61 Å². The highest BCUT2D eigenvalue weighted by atomic mass is 16.5. The number of ether oxygens (including phenoxy) is 2. The third kappa shape index (κ3) is 8.84. The smallest absolute Gasteiger partial charge is 0.325 e. The number of hydrogen-bond acceptors (Lipinski definition) is 6. The van der Waals surface area contributed by atoms with Crippen LogP contribution < -0.4 is 10.6 Å². The molecule has 1 aromatic rings. The van der Waals surface area contributed by atoms with Gasteiger partial charge in [-0.05, 0) is 50.5 Å². The van der Waals surface area contributed by atoms with Gasteiger partial charge < -0.3 is 20.1 Å². The Labute approximate surface area is 158 Å². The van der Waals surface area contributed by atoms with Crippen LogP contribution in [-0.4, -0.2) is 50.1 Å². The van der Waals surface area contributed by atoms with Crippen LogP contribution in [0.2, 0.25) is 0 Å². The molecule has 0 aliphatic carbocycles. The first kappa shape index (κ1) is 22.1. The number of aryl methyl sites for hydroxylation is 2. The third-order valence-electron chi connectivity index (χ3n) is 3.71. The molecule has 0 saturated carbocycles. The lowest BCUT2D eigenvalue weighted by Crippen LogP contribution is -2.34. The van der Waals surface area contributed by atoms with Crippen molar-refractivity contribution in [3.63, 3.8) is 0 Å². The Morgan fingerprint density at radius 1 is 0.963 bits per heavy atom. The van der Waals surface area contributed by atoms with Crippen LogP contribution in [0, 0.1) is 13.8 Å². The Balaban J connectivity index is 2.20. The zero-order valence-corrected chi connectivity index (χ0v) is 15.9. The number of amides is 2. The summed E-state index contributed by atoms with van der Waals surface area (Å²) in [6.45, 7) is 5.37. The van der Waals surface area contributed by atoms with Gasteiger partial charge in [-0.1, -0.05) is 6.07 Å². The molecule has 0 saturated heterocycles. The highest BCUT2D eigenvalue weighted by Crippen LogP contribution is 2.09. The molecule has 0 unspecified atom stereocenters. The Bertz CT molecular complexity index is 687. The number of esters is 2. The van der Waals surface area contributed by atoms with Crippen LogP contribution >= 0.6 is 0 Å². The minimum atomic E-state index is -0.714. The maximum atomic E-state index is 12.0. The molecule has 1 aromatic carbocycles. The fourth-order valence-corrected chi connectivity index (χ4v) is 2.08. The molecule has 0 atom stereocenters. The van der Waals surface area contributed by atoms with Crippen LogP contribution in [-0.2, 0) is 23.9 Å². The summed E-state index contributed by atoms with van der Waals surface area (Å²) in [5.41, 5.74) is 2.49. The monoisotopic (exact) mass is 378 g/mol. The van der Waals surface area contributed by atoms with E-state index in [0.717, 1.165) is 11.1 Å². The molecule has 1 rings (SSSR count). The van der Waals surface area contributed by atoms with Crippen molar-refractivity contribution < 1.29 is 28.7 Å². The van der Waals surface area contributed by atoms with Gasteiger partial charge in [0.25, 0.3) is 11.8 Å². The maximum Gasteiger partial charge on any atom is 0.325 e. The number of carbonyl (C=O) groups excluding carboxylic acids is 4. The van der Waals surface area contributed by atoms with Gasteiger partial charge in [0, 0.05) is 18.5 Å². The third-order valence-corrected chi connectivity index (χ3v) is 3.71. The molecule has 0 bridgehead atoms. The fourth-order valence-electron chi connectivity index (χ4n) is 2.08. The normalized spacial score (nSPS) is 10.0. The molecule has 0 radical (unpaired) electrons. The van der Waals surface area contributed by atoms with E-state index in [9.17, 15) is 19.2 Å². The van der Waals surface area contributed by atoms with Crippen molar-refractivity contribution in [2.45, 2.75) is 33.6 Å². The predicted molar refractivity (Wildman–Crippen MR) is 98.1 cm³/mol. The van der Waals surface area contributed by atoms with Gasteiger partial charge in [-0.3, -0.25) is 19.2 Å². The number of carbonyl (C=O) groups is 4. The van der Waals surface area contributed by atoms with Gasteiger partial charge in [0.1, 0.15) is 6.54 Å². The Morgan fingerprint density at radius 3 is 2.37 bits per heavy atom. The summed E-state index contributed by atoms with van der Waals surface area (Å²) in [7, 11) is 0. The molecule has 0 spiro atoms. The van der Waals surface area contributed by atoms with Gasteiger partial charge in [0.2, 0.25) is 0 Å². The van der Waals surface area contributed by atoms with Crippen LogP contribution in [0.4, 0.5) is 0 Å². The first-order valence-electron chi connectivity index (χ1n) is 8.77. The number of rotatable bonds is 10. The van der Waals surface area contributed by atoms with E-state index >= 15 is 0 Å². The van der Waals surface area contributed by atoms with Gasteiger partial charge in [0.05, 0.1) is 6.61 Å². The van der Waals surface area contributed by atoms with Crippen LogP contribution in [0.1, 0.15) is 41.3 Å². The Kier molecular flexibility index (Phi) is 9.57. The Morgan fingerprint density at radius 2 is 1.70 bits per heavy atom. The number of benzene rings is 1. The molecule has 0 aromatic heterocycles. The molecule has 0 heterocycles. The topological polar surface area (TPSA) is 111 Å². The molecular weight excluding hydrogens is 352 g/mol. The van der Waals surface area contributed by atoms with E-state index in [4.69, 9.17) is 9.47 Å². The van der Waals surface area contributed by atoms with Crippen molar-refractivity contribution in [3.8, 4) is 0 Å². The van der Waals surface area contributed by atoms with Crippen LogP contribution in [0.5, 0.6) is 0 Å². The first-order valence-corrected chi connectivity index (χ1v) is 8.77. The van der Waals surface area contributed by atoms with Crippen LogP contribution in [0.25, 0.3) is 0 Å². The van der Waals surface area contributed by atoms with Crippen molar-refractivity contribution in [2.24, 2.45) is 0 Å². The highest BCUT2D eigenvalue weighted by Gasteiger charge is 2.11. The summed E-state index contributed by atoms with van der Waals surface area (Å²) in [4.78, 5) is 46.3. The minimum Gasteiger partial charge on any atom is -0.466 e. The molecule has 148 valence electrons. The van der Waals surface area contributed by atoms with E-state index in [-0.39, 0.29) is 25.5 Å². The van der Waals surface area contributed by atoms with Crippen molar-refractivity contribution in [1.82, 2.24) is 10.6 Å². The molecule has 2 N–H and O–H groups in total. The summed E-state index contributed by atoms with van der Waals surface area (Å²) in [5, 5.41) is 4.98. The van der Waals surface area contributed by atoms with Crippen molar-refractivity contribution in [2.75, 3.05) is 26.3 Å². The van der Waals surface area contributed by atoms with E-state index in [1.807, 2.05) is 19.9 Å². The second-order valence-corrected chi connectivity index (χ2v) is 5.90. The maximum absolute atomic E-state index is 12.0. The summed E-state index contributed by atoms with van der Waals surface area (Å²) in [6.07, 6.45) is 0.642. The van der Waals surface area contributed by atoms with E-state index in [1.165, 1.54) is 0 Å². The standard InChI is InChI=1S/C19H26N2O6/c1-4-26-17(23)6-5-9-20-16(22)12-27-18(24)11-21-19(25)15-8-7-13(2)14(3)10-15/h7-8,10H,4-6,9,11-12H2,1-3H3,(H,20,22)(H,21,25). The van der Waals surface area contributed by atoms with Gasteiger partial charge in [-0.15, -0.1) is 0 Å². The van der Waals surface area contributed by atoms with Crippen molar-refractivity contribution >= 4 is 23.8 Å². The molecule has 0 aliphatic heterocycles. The average molecular weight is 378 g/mol. The quantitative estimate of drug-likeness (QED) is 0.465. The Hall–Kier alpha value is -2.90. The zero-order chi connectivity index (χ0) is 20.2. The minimum absolute atomic E-state index is 0.207. The largest absolute Gasteiger partial charge is 0.466 e. The van der Waals surface area contributed by atoms with Crippen LogP contribution in [0.3, 0.4) is 0 Å². The van der Waals surface area contributed by atoms with Crippen LogP contribution in [0.15, 0.2) is 18.2 Å². The SMILES string of the molecule is CCOC(=O)CCCNC(=O)COC(=O)CNC(=O)c1ccc(C)c(C)c1. The molecule has 8 nitrogen and oxygen atoms in total. The highest BCUT2D eigenvalue weighted by molar-refractivity contribution is 5.96. The van der Waals surface area contributed by atoms with Gasteiger partial charge in [-0.2, -0.15) is 0 Å². The van der Waals surface area contributed by atoms with E-state index in [2.05, 4.69) is 10.6 Å². The second kappa shape index (κ2) is 11.7. The van der Waals surface area contributed by atoms with Crippen molar-refractivity contribution in [3.05, 3.63) is 34.9 Å². The zero-order valence-electron chi connectivity index (χ0n) is 15.9. The summed E-state index contributed by atoms with van der Waals surface area (Å²) in [5.74, 6) is -1.90. The molecular formula is C19H26N2O6. The van der Waals surface area contributed by atoms with Gasteiger partial charge >= 0.3 is 11.9 Å².